The van der Waals surface area contributed by atoms with Gasteiger partial charge in [-0.3, -0.25) is 0 Å². The van der Waals surface area contributed by atoms with Crippen molar-refractivity contribution in [3.8, 4) is 11.4 Å². The van der Waals surface area contributed by atoms with Crippen molar-refractivity contribution in [3.63, 3.8) is 0 Å². The Bertz CT molecular complexity index is 3770. The van der Waals surface area contributed by atoms with Gasteiger partial charge < -0.3 is 18.9 Å². The maximum atomic E-state index is 2.67. The van der Waals surface area contributed by atoms with E-state index in [-0.39, 0.29) is 33.8 Å². The molecule has 0 N–H and O–H groups in total. The first-order valence-electron chi connectivity index (χ1n) is 26.7. The van der Waals surface area contributed by atoms with Crippen LogP contribution in [-0.2, 0) is 27.1 Å². The zero-order valence-electron chi connectivity index (χ0n) is 45.7. The van der Waals surface area contributed by atoms with Gasteiger partial charge in [-0.25, -0.2) is 0 Å². The van der Waals surface area contributed by atoms with Crippen LogP contribution in [0.3, 0.4) is 0 Å². The van der Waals surface area contributed by atoms with Crippen molar-refractivity contribution in [1.29, 1.82) is 0 Å². The van der Waals surface area contributed by atoms with E-state index in [2.05, 4.69) is 268 Å². The quantitative estimate of drug-likeness (QED) is 0.161. The van der Waals surface area contributed by atoms with Crippen LogP contribution in [0.5, 0.6) is 0 Å². The second-order valence-electron chi connectivity index (χ2n) is 26.8. The summed E-state index contributed by atoms with van der Waals surface area (Å²) in [6, 6.07) is 57.2. The van der Waals surface area contributed by atoms with Crippen LogP contribution in [0, 0.1) is 0 Å². The molecule has 0 radical (unpaired) electrons. The largest absolute Gasteiger partial charge is 0.310 e. The lowest BCUT2D eigenvalue weighted by molar-refractivity contribution is 0.590. The molecule has 3 aliphatic rings. The Kier molecular flexibility index (Phi) is 9.32. The van der Waals surface area contributed by atoms with E-state index in [1.807, 2.05) is 0 Å². The third-order valence-electron chi connectivity index (χ3n) is 16.7. The average molecular weight is 953 g/mol. The molecule has 8 aromatic carbocycles. The summed E-state index contributed by atoms with van der Waals surface area (Å²) in [6.45, 7) is 35.2. The number of anilines is 6. The normalized spacial score (nSPS) is 14.4. The fourth-order valence-corrected chi connectivity index (χ4v) is 12.6. The molecule has 0 saturated heterocycles. The zero-order chi connectivity index (χ0) is 51.2. The van der Waals surface area contributed by atoms with Crippen LogP contribution in [0.2, 0.25) is 0 Å². The van der Waals surface area contributed by atoms with Crippen molar-refractivity contribution in [3.05, 3.63) is 173 Å². The van der Waals surface area contributed by atoms with Crippen molar-refractivity contribution in [2.45, 2.75) is 131 Å². The van der Waals surface area contributed by atoms with Gasteiger partial charge in [0.1, 0.15) is 0 Å². The molecule has 0 amide bonds. The molecule has 10 aromatic rings. The Hall–Kier alpha value is -6.98. The summed E-state index contributed by atoms with van der Waals surface area (Å²) in [4.78, 5) is 5.01. The molecule has 4 nitrogen and oxygen atoms in total. The second kappa shape index (κ2) is 14.8. The molecular formula is C68H69BN4. The predicted octanol–water partition coefficient (Wildman–Crippen LogP) is 16.8. The van der Waals surface area contributed by atoms with E-state index in [0.717, 1.165) is 34.1 Å². The summed E-state index contributed by atoms with van der Waals surface area (Å²) < 4.78 is 5.34. The Balaban J connectivity index is 1.19. The van der Waals surface area contributed by atoms with E-state index in [1.54, 1.807) is 0 Å². The van der Waals surface area contributed by atoms with Crippen molar-refractivity contribution >= 4 is 101 Å². The fourth-order valence-electron chi connectivity index (χ4n) is 12.6. The molecule has 13 rings (SSSR count). The van der Waals surface area contributed by atoms with Crippen molar-refractivity contribution in [2.75, 3.05) is 9.80 Å². The Morgan fingerprint density at radius 1 is 0.301 bits per heavy atom. The molecule has 0 unspecified atom stereocenters. The predicted molar refractivity (Wildman–Crippen MR) is 316 cm³/mol. The number of para-hydroxylation sites is 4. The molecule has 364 valence electrons. The maximum absolute atomic E-state index is 2.67. The summed E-state index contributed by atoms with van der Waals surface area (Å²) in [5, 5.41) is 5.32. The van der Waals surface area contributed by atoms with E-state index >= 15 is 0 Å². The van der Waals surface area contributed by atoms with Crippen LogP contribution >= 0.6 is 0 Å². The number of fused-ring (bicyclic) bond motifs is 12. The molecule has 0 atom stereocenters. The first-order valence-corrected chi connectivity index (χ1v) is 26.7. The van der Waals surface area contributed by atoms with Crippen LogP contribution in [0.1, 0.15) is 132 Å². The van der Waals surface area contributed by atoms with Gasteiger partial charge >= 0.3 is 0 Å². The van der Waals surface area contributed by atoms with Gasteiger partial charge in [0.05, 0.1) is 39.5 Å². The highest BCUT2D eigenvalue weighted by Crippen LogP contribution is 2.55. The lowest BCUT2D eigenvalue weighted by atomic mass is 9.34. The van der Waals surface area contributed by atoms with Gasteiger partial charge in [0.25, 0.3) is 6.71 Å². The Morgan fingerprint density at radius 3 is 1.01 bits per heavy atom. The minimum absolute atomic E-state index is 0.000984. The van der Waals surface area contributed by atoms with Crippen LogP contribution in [-0.4, -0.2) is 15.8 Å². The summed E-state index contributed by atoms with van der Waals surface area (Å²) in [5.74, 6) is 0. The molecular weight excluding hydrogens is 884 g/mol. The van der Waals surface area contributed by atoms with E-state index in [1.165, 1.54) is 99.2 Å². The summed E-state index contributed by atoms with van der Waals surface area (Å²) in [6.07, 6.45) is 0. The Labute approximate surface area is 433 Å². The number of hydrogen-bond acceptors (Lipinski definition) is 2. The lowest BCUT2D eigenvalue weighted by Gasteiger charge is -2.41. The van der Waals surface area contributed by atoms with E-state index in [0.29, 0.717) is 0 Å². The Morgan fingerprint density at radius 2 is 0.644 bits per heavy atom. The third-order valence-corrected chi connectivity index (χ3v) is 16.7. The molecule has 3 aliphatic heterocycles. The molecule has 0 fully saturated rings. The third kappa shape index (κ3) is 6.65. The minimum atomic E-state index is -0.0687. The smallest absolute Gasteiger partial charge is 0.252 e. The van der Waals surface area contributed by atoms with Crippen LogP contribution < -0.4 is 26.2 Å². The highest BCUT2D eigenvalue weighted by molar-refractivity contribution is 7.00. The van der Waals surface area contributed by atoms with E-state index < -0.39 is 0 Å². The lowest BCUT2D eigenvalue weighted by Crippen LogP contribution is -2.59. The van der Waals surface area contributed by atoms with Gasteiger partial charge in [-0.05, 0) is 156 Å². The van der Waals surface area contributed by atoms with Crippen molar-refractivity contribution in [1.82, 2.24) is 9.13 Å². The topological polar surface area (TPSA) is 16.3 Å². The standard InChI is InChI=1S/C68H69BN4/c1-64(2,3)40-24-28-45(29-25-40)70-55-20-16-18-22-57(55)71(58-23-19-17-21-56(58)70)46-38-59-61-60(39-46)73-54-31-27-42(66(7,8)9)33-48(54)50-35-44(68(13,14)15)37-52(63(50)73)69(61)51-36-43(67(10,11)12)34-49-47-32-41(65(4,5)6)26-30-53(47)72(59)62(49)51/h16-39H,1-15H3. The molecule has 0 spiro atoms. The van der Waals surface area contributed by atoms with Gasteiger partial charge in [-0.1, -0.05) is 165 Å². The number of rotatable bonds is 2. The maximum Gasteiger partial charge on any atom is 0.252 e. The van der Waals surface area contributed by atoms with Crippen LogP contribution in [0.25, 0.3) is 55.0 Å². The molecule has 2 aromatic heterocycles. The van der Waals surface area contributed by atoms with Crippen molar-refractivity contribution in [2.24, 2.45) is 0 Å². The number of benzene rings is 8. The van der Waals surface area contributed by atoms with E-state index in [9.17, 15) is 0 Å². The van der Waals surface area contributed by atoms with Gasteiger partial charge in [0.15, 0.2) is 0 Å². The molecule has 0 aliphatic carbocycles. The molecule has 73 heavy (non-hydrogen) atoms. The molecule has 0 saturated carbocycles. The molecule has 0 bridgehead atoms. The van der Waals surface area contributed by atoms with Gasteiger partial charge in [-0.2, -0.15) is 0 Å². The zero-order valence-corrected chi connectivity index (χ0v) is 45.7. The van der Waals surface area contributed by atoms with Gasteiger partial charge in [-0.15, -0.1) is 0 Å². The van der Waals surface area contributed by atoms with Gasteiger partial charge in [0.2, 0.25) is 0 Å². The average Bonchev–Trinajstić information content (AvgIpc) is 3.84. The first kappa shape index (κ1) is 45.9. The summed E-state index contributed by atoms with van der Waals surface area (Å²) in [7, 11) is 0. The summed E-state index contributed by atoms with van der Waals surface area (Å²) >= 11 is 0. The minimum Gasteiger partial charge on any atom is -0.310 e. The number of aromatic nitrogens is 2. The van der Waals surface area contributed by atoms with Gasteiger partial charge in [0, 0.05) is 49.6 Å². The highest BCUT2D eigenvalue weighted by Gasteiger charge is 2.44. The number of hydrogen-bond donors (Lipinski definition) is 0. The second-order valence-corrected chi connectivity index (χ2v) is 26.8. The summed E-state index contributed by atoms with van der Waals surface area (Å²) in [5.41, 5.74) is 25.4. The first-order chi connectivity index (χ1) is 34.4. The van der Waals surface area contributed by atoms with Crippen LogP contribution in [0.4, 0.5) is 34.1 Å². The monoisotopic (exact) mass is 953 g/mol. The SMILES string of the molecule is CC(C)(C)c1ccc(N2c3ccccc3N(c3cc4c5c(c3)-n3c6ccc(C(C)(C)C)cc6c6cc(C(C)(C)C)cc(c63)B5c3cc(C(C)(C)C)cc5c6cc(C(C)(C)C)ccc6n-4c35)c3ccccc32)cc1. The van der Waals surface area contributed by atoms with Crippen molar-refractivity contribution < 1.29 is 0 Å². The molecule has 5 heteroatoms. The fraction of sp³-hybridized carbons (Fsp3) is 0.294. The number of nitrogens with zero attached hydrogens (tertiary/aromatic N) is 4. The molecule has 5 heterocycles. The van der Waals surface area contributed by atoms with Crippen LogP contribution in [0.15, 0.2) is 146 Å². The van der Waals surface area contributed by atoms with E-state index in [4.69, 9.17) is 0 Å². The highest BCUT2D eigenvalue weighted by atomic mass is 15.3.